The quantitative estimate of drug-likeness (QED) is 0.718. The van der Waals surface area contributed by atoms with Crippen LogP contribution in [0.5, 0.6) is 5.75 Å². The molecule has 9 heteroatoms. The molecule has 1 atom stereocenters. The Balaban J connectivity index is 1.90. The summed E-state index contributed by atoms with van der Waals surface area (Å²) >= 11 is 0. The van der Waals surface area contributed by atoms with Crippen molar-refractivity contribution in [1.82, 2.24) is 16.0 Å². The molecule has 0 saturated carbocycles. The Morgan fingerprint density at radius 1 is 1.33 bits per heavy atom. The van der Waals surface area contributed by atoms with Gasteiger partial charge in [-0.05, 0) is 19.1 Å². The van der Waals surface area contributed by atoms with Crippen molar-refractivity contribution in [3.05, 3.63) is 29.1 Å². The fraction of sp³-hybridized carbons (Fsp3) is 0.467. The molecule has 132 valence electrons. The van der Waals surface area contributed by atoms with Crippen LogP contribution in [0.2, 0.25) is 0 Å². The fourth-order valence-corrected chi connectivity index (χ4v) is 2.20. The van der Waals surface area contributed by atoms with Crippen LogP contribution >= 0.6 is 0 Å². The van der Waals surface area contributed by atoms with Crippen molar-refractivity contribution in [3.63, 3.8) is 0 Å². The van der Waals surface area contributed by atoms with Crippen LogP contribution in [0.3, 0.4) is 0 Å². The Labute approximate surface area is 137 Å². The number of rotatable bonds is 6. The van der Waals surface area contributed by atoms with E-state index in [9.17, 15) is 18.4 Å². The minimum Gasteiger partial charge on any atom is -0.467 e. The molecule has 1 aliphatic heterocycles. The van der Waals surface area contributed by atoms with Crippen molar-refractivity contribution >= 4 is 11.9 Å². The number of amides is 3. The molecule has 2 rings (SSSR count). The summed E-state index contributed by atoms with van der Waals surface area (Å²) in [6.07, 6.45) is 0. The lowest BCUT2D eigenvalue weighted by Gasteiger charge is -2.21. The molecule has 0 bridgehead atoms. The number of carbonyl (C=O) groups is 2. The number of hydrogen-bond acceptors (Lipinski definition) is 4. The highest BCUT2D eigenvalue weighted by atomic mass is 19.1. The lowest BCUT2D eigenvalue weighted by Crippen LogP contribution is -2.48. The van der Waals surface area contributed by atoms with Crippen LogP contribution in [-0.2, 0) is 22.7 Å². The van der Waals surface area contributed by atoms with Gasteiger partial charge in [-0.1, -0.05) is 0 Å². The van der Waals surface area contributed by atoms with Crippen LogP contribution in [0.25, 0.3) is 0 Å². The van der Waals surface area contributed by atoms with E-state index in [4.69, 9.17) is 9.47 Å². The lowest BCUT2D eigenvalue weighted by molar-refractivity contribution is -0.122. The molecule has 0 aromatic heterocycles. The third-order valence-electron chi connectivity index (χ3n) is 3.33. The number of nitrogens with one attached hydrogen (secondary N) is 3. The fourth-order valence-electron chi connectivity index (χ4n) is 2.20. The molecular formula is C15H19F2N3O4. The first-order valence-electron chi connectivity index (χ1n) is 7.41. The molecule has 1 aromatic rings. The van der Waals surface area contributed by atoms with E-state index in [1.165, 1.54) is 19.1 Å². The largest absolute Gasteiger partial charge is 0.467 e. The van der Waals surface area contributed by atoms with Gasteiger partial charge in [0, 0.05) is 24.2 Å². The second-order valence-electron chi connectivity index (χ2n) is 5.19. The monoisotopic (exact) mass is 343 g/mol. The zero-order valence-electron chi connectivity index (χ0n) is 13.2. The van der Waals surface area contributed by atoms with Crippen LogP contribution < -0.4 is 20.7 Å². The summed E-state index contributed by atoms with van der Waals surface area (Å²) < 4.78 is 36.0. The molecule has 0 fully saturated rings. The summed E-state index contributed by atoms with van der Waals surface area (Å²) in [6, 6.07) is 1.14. The second-order valence-corrected chi connectivity index (χ2v) is 5.19. The van der Waals surface area contributed by atoms with Crippen molar-refractivity contribution in [3.8, 4) is 5.75 Å². The van der Waals surface area contributed by atoms with Gasteiger partial charge in [0.1, 0.15) is 24.3 Å². The van der Waals surface area contributed by atoms with Crippen molar-refractivity contribution in [2.24, 2.45) is 0 Å². The van der Waals surface area contributed by atoms with Gasteiger partial charge in [-0.15, -0.1) is 0 Å². The SMILES string of the molecule is C[C@H](NC(=O)NCc1cc(F)cc2c1OCOC2)C(=O)NCCF. The van der Waals surface area contributed by atoms with E-state index in [2.05, 4.69) is 16.0 Å². The lowest BCUT2D eigenvalue weighted by atomic mass is 10.1. The first-order chi connectivity index (χ1) is 11.5. The minimum atomic E-state index is -0.831. The van der Waals surface area contributed by atoms with Crippen LogP contribution in [0.1, 0.15) is 18.1 Å². The summed E-state index contributed by atoms with van der Waals surface area (Å²) in [5.74, 6) is -0.470. The number of hydrogen-bond donors (Lipinski definition) is 3. The maximum atomic E-state index is 13.6. The number of ether oxygens (including phenoxy) is 2. The van der Waals surface area contributed by atoms with E-state index in [1.54, 1.807) is 0 Å². The highest BCUT2D eigenvalue weighted by Gasteiger charge is 2.18. The maximum absolute atomic E-state index is 13.6. The first kappa shape index (κ1) is 17.9. The molecule has 0 radical (unpaired) electrons. The predicted molar refractivity (Wildman–Crippen MR) is 80.5 cm³/mol. The van der Waals surface area contributed by atoms with Crippen LogP contribution in [0.15, 0.2) is 12.1 Å². The average molecular weight is 343 g/mol. The van der Waals surface area contributed by atoms with E-state index in [0.29, 0.717) is 16.9 Å². The zero-order chi connectivity index (χ0) is 17.5. The normalized spacial score (nSPS) is 14.1. The number of benzene rings is 1. The van der Waals surface area contributed by atoms with E-state index < -0.39 is 30.5 Å². The third-order valence-corrected chi connectivity index (χ3v) is 3.33. The molecule has 7 nitrogen and oxygen atoms in total. The van der Waals surface area contributed by atoms with Gasteiger partial charge in [-0.3, -0.25) is 4.79 Å². The zero-order valence-corrected chi connectivity index (χ0v) is 13.2. The number of carbonyl (C=O) groups excluding carboxylic acids is 2. The van der Waals surface area contributed by atoms with Gasteiger partial charge in [-0.25, -0.2) is 13.6 Å². The molecule has 1 aromatic carbocycles. The summed E-state index contributed by atoms with van der Waals surface area (Å²) in [5, 5.41) is 7.26. The Bertz CT molecular complexity index is 613. The molecular weight excluding hydrogens is 324 g/mol. The Morgan fingerprint density at radius 2 is 2.12 bits per heavy atom. The highest BCUT2D eigenvalue weighted by Crippen LogP contribution is 2.29. The molecule has 3 N–H and O–H groups in total. The average Bonchev–Trinajstić information content (AvgIpc) is 2.57. The third kappa shape index (κ3) is 4.79. The van der Waals surface area contributed by atoms with Crippen molar-refractivity contribution in [2.45, 2.75) is 26.1 Å². The Kier molecular flexibility index (Phi) is 6.30. The first-order valence-corrected chi connectivity index (χ1v) is 7.41. The highest BCUT2D eigenvalue weighted by molar-refractivity contribution is 5.86. The maximum Gasteiger partial charge on any atom is 0.315 e. The molecule has 3 amide bonds. The second kappa shape index (κ2) is 8.44. The van der Waals surface area contributed by atoms with Crippen LogP contribution in [0, 0.1) is 5.82 Å². The molecule has 1 heterocycles. The van der Waals surface area contributed by atoms with Gasteiger partial charge in [0.2, 0.25) is 5.91 Å². The molecule has 1 aliphatic rings. The van der Waals surface area contributed by atoms with Gasteiger partial charge in [0.25, 0.3) is 0 Å². The van der Waals surface area contributed by atoms with Crippen LogP contribution in [-0.4, -0.2) is 38.0 Å². The van der Waals surface area contributed by atoms with Gasteiger partial charge >= 0.3 is 6.03 Å². The molecule has 0 aliphatic carbocycles. The van der Waals surface area contributed by atoms with Crippen LogP contribution in [0.4, 0.5) is 13.6 Å². The van der Waals surface area contributed by atoms with E-state index in [0.717, 1.165) is 0 Å². The van der Waals surface area contributed by atoms with Crippen molar-refractivity contribution in [1.29, 1.82) is 0 Å². The number of fused-ring (bicyclic) bond motifs is 1. The minimum absolute atomic E-state index is 0.0186. The van der Waals surface area contributed by atoms with E-state index in [-0.39, 0.29) is 26.5 Å². The van der Waals surface area contributed by atoms with Gasteiger partial charge in [0.05, 0.1) is 6.61 Å². The topological polar surface area (TPSA) is 88.7 Å². The summed E-state index contributed by atoms with van der Waals surface area (Å²) in [7, 11) is 0. The van der Waals surface area contributed by atoms with Gasteiger partial charge in [-0.2, -0.15) is 0 Å². The Hall–Kier alpha value is -2.42. The molecule has 0 unspecified atom stereocenters. The van der Waals surface area contributed by atoms with E-state index in [1.807, 2.05) is 0 Å². The molecule has 24 heavy (non-hydrogen) atoms. The number of alkyl halides is 1. The predicted octanol–water partition coefficient (Wildman–Crippen LogP) is 0.966. The number of halogens is 2. The standard InChI is InChI=1S/C15H19F2N3O4/c1-9(14(21)18-3-2-16)20-15(22)19-6-10-4-12(17)5-11-7-23-8-24-13(10)11/h4-5,9H,2-3,6-8H2,1H3,(H,18,21)(H2,19,20,22)/t9-/m0/s1. The van der Waals surface area contributed by atoms with E-state index >= 15 is 0 Å². The summed E-state index contributed by atoms with van der Waals surface area (Å²) in [6.45, 7) is 0.991. The Morgan fingerprint density at radius 3 is 2.88 bits per heavy atom. The smallest absolute Gasteiger partial charge is 0.315 e. The van der Waals surface area contributed by atoms with Gasteiger partial charge in [0.15, 0.2) is 6.79 Å². The van der Waals surface area contributed by atoms with Crippen molar-refractivity contribution in [2.75, 3.05) is 20.0 Å². The van der Waals surface area contributed by atoms with Gasteiger partial charge < -0.3 is 25.4 Å². The molecule has 0 spiro atoms. The van der Waals surface area contributed by atoms with Crippen molar-refractivity contribution < 1.29 is 27.8 Å². The number of urea groups is 1. The molecule has 0 saturated heterocycles. The summed E-state index contributed by atoms with van der Waals surface area (Å²) in [4.78, 5) is 23.4. The summed E-state index contributed by atoms with van der Waals surface area (Å²) in [5.41, 5.74) is 1.04.